The van der Waals surface area contributed by atoms with Crippen molar-refractivity contribution in [3.63, 3.8) is 0 Å². The molecular weight excluding hydrogens is 395 g/mol. The Bertz CT molecular complexity index is 804. The van der Waals surface area contributed by atoms with Crippen molar-refractivity contribution in [2.24, 2.45) is 0 Å². The van der Waals surface area contributed by atoms with Crippen LogP contribution in [-0.2, 0) is 16.5 Å². The molecule has 0 saturated heterocycles. The van der Waals surface area contributed by atoms with Gasteiger partial charge in [0.05, 0.1) is 4.90 Å². The first-order valence-electron chi connectivity index (χ1n) is 10.3. The van der Waals surface area contributed by atoms with Gasteiger partial charge in [0.25, 0.3) is 0 Å². The zero-order valence-corrected chi connectivity index (χ0v) is 20.5. The molecule has 0 atom stereocenters. The van der Waals surface area contributed by atoms with Gasteiger partial charge in [-0.3, -0.25) is 0 Å². The Labute approximate surface area is 198 Å². The minimum atomic E-state index is -4.43. The van der Waals surface area contributed by atoms with Gasteiger partial charge in [0, 0.05) is 0 Å². The molecule has 29 heavy (non-hydrogen) atoms. The molecule has 6 heteroatoms. The van der Waals surface area contributed by atoms with Crippen LogP contribution in [0.1, 0.15) is 70.3 Å². The van der Waals surface area contributed by atoms with Crippen molar-refractivity contribution in [3.8, 4) is 11.5 Å². The topological polar surface area (TPSA) is 66.4 Å². The molecule has 0 spiro atoms. The van der Waals surface area contributed by atoms with Crippen molar-refractivity contribution in [2.75, 3.05) is 0 Å². The molecule has 0 unspecified atom stereocenters. The van der Waals surface area contributed by atoms with E-state index in [1.807, 2.05) is 18.2 Å². The molecule has 0 aliphatic carbocycles. The molecule has 2 aromatic carbocycles. The van der Waals surface area contributed by atoms with Gasteiger partial charge in [-0.15, -0.1) is 0 Å². The molecule has 0 bridgehead atoms. The predicted molar refractivity (Wildman–Crippen MR) is 112 cm³/mol. The van der Waals surface area contributed by atoms with Crippen molar-refractivity contribution in [3.05, 3.63) is 54.1 Å². The summed E-state index contributed by atoms with van der Waals surface area (Å²) in [5.74, 6) is 1.22. The van der Waals surface area contributed by atoms with Crippen LogP contribution in [-0.4, -0.2) is 13.0 Å². The molecule has 2 aromatic rings. The number of hydrogen-bond acceptors (Lipinski definition) is 4. The van der Waals surface area contributed by atoms with Crippen molar-refractivity contribution in [1.82, 2.24) is 0 Å². The number of rotatable bonds is 13. The van der Waals surface area contributed by atoms with Crippen molar-refractivity contribution in [2.45, 2.75) is 76.0 Å². The molecule has 0 saturated carbocycles. The van der Waals surface area contributed by atoms with Crippen LogP contribution < -0.4 is 34.3 Å². The van der Waals surface area contributed by atoms with E-state index in [0.29, 0.717) is 11.5 Å². The molecule has 0 radical (unpaired) electrons. The van der Waals surface area contributed by atoms with Crippen LogP contribution in [0.2, 0.25) is 0 Å². The zero-order chi connectivity index (χ0) is 20.2. The van der Waals surface area contributed by atoms with Crippen LogP contribution in [0.25, 0.3) is 0 Å². The van der Waals surface area contributed by atoms with Gasteiger partial charge in [-0.25, -0.2) is 8.42 Å². The summed E-state index contributed by atoms with van der Waals surface area (Å²) in [6.45, 7) is 2.25. The second-order valence-electron chi connectivity index (χ2n) is 7.25. The van der Waals surface area contributed by atoms with Gasteiger partial charge in [0.1, 0.15) is 21.6 Å². The maximum atomic E-state index is 11.0. The zero-order valence-electron chi connectivity index (χ0n) is 17.7. The SMILES string of the molecule is CCCCCCCCCCCc1cccc(Oc2ccc(S(=O)(=O)[O-])cc2)c1.[Na+]. The van der Waals surface area contributed by atoms with Gasteiger partial charge in [0.15, 0.2) is 0 Å². The second-order valence-corrected chi connectivity index (χ2v) is 8.63. The Balaban J connectivity index is 0.00000420. The van der Waals surface area contributed by atoms with Crippen molar-refractivity contribution in [1.29, 1.82) is 0 Å². The Hall–Kier alpha value is -0.850. The van der Waals surface area contributed by atoms with E-state index < -0.39 is 10.1 Å². The fraction of sp³-hybridized carbons (Fsp3) is 0.478. The molecule has 0 amide bonds. The maximum Gasteiger partial charge on any atom is 1.00 e. The molecule has 0 heterocycles. The first kappa shape index (κ1) is 26.2. The number of benzene rings is 2. The second kappa shape index (κ2) is 14.2. The molecule has 2 rings (SSSR count). The maximum absolute atomic E-state index is 11.0. The van der Waals surface area contributed by atoms with E-state index in [0.717, 1.165) is 6.42 Å². The third-order valence-corrected chi connectivity index (χ3v) is 5.67. The fourth-order valence-corrected chi connectivity index (χ4v) is 3.68. The molecule has 154 valence electrons. The van der Waals surface area contributed by atoms with Gasteiger partial charge in [-0.1, -0.05) is 70.4 Å². The molecule has 0 fully saturated rings. The molecular formula is C23H31NaO4S. The van der Waals surface area contributed by atoms with Crippen LogP contribution in [0.3, 0.4) is 0 Å². The van der Waals surface area contributed by atoms with Gasteiger partial charge in [0.2, 0.25) is 0 Å². The summed E-state index contributed by atoms with van der Waals surface area (Å²) in [7, 11) is -4.43. The third kappa shape index (κ3) is 10.7. The largest absolute Gasteiger partial charge is 1.00 e. The van der Waals surface area contributed by atoms with E-state index in [1.165, 1.54) is 87.6 Å². The van der Waals surface area contributed by atoms with E-state index >= 15 is 0 Å². The standard InChI is InChI=1S/C23H32O4S.Na/c1-2-3-4-5-6-7-8-9-10-12-20-13-11-14-22(19-20)27-21-15-17-23(18-16-21)28(24,25)26;/h11,13-19H,2-10,12H2,1H3,(H,24,25,26);/q;+1/p-1. The van der Waals surface area contributed by atoms with Crippen LogP contribution >= 0.6 is 0 Å². The van der Waals surface area contributed by atoms with Gasteiger partial charge >= 0.3 is 29.6 Å². The summed E-state index contributed by atoms with van der Waals surface area (Å²) in [6.07, 6.45) is 12.9. The Kier molecular flexibility index (Phi) is 12.8. The van der Waals surface area contributed by atoms with E-state index in [2.05, 4.69) is 13.0 Å². The number of ether oxygens (including phenoxy) is 1. The number of aryl methyl sites for hydroxylation is 1. The quantitative estimate of drug-likeness (QED) is 0.279. The molecule has 0 aliphatic heterocycles. The smallest absolute Gasteiger partial charge is 0.744 e. The summed E-state index contributed by atoms with van der Waals surface area (Å²) in [5.41, 5.74) is 1.24. The third-order valence-electron chi connectivity index (χ3n) is 4.82. The fourth-order valence-electron chi connectivity index (χ4n) is 3.21. The summed E-state index contributed by atoms with van der Waals surface area (Å²) in [6, 6.07) is 13.5. The Morgan fingerprint density at radius 2 is 1.38 bits per heavy atom. The average molecular weight is 427 g/mol. The first-order valence-corrected chi connectivity index (χ1v) is 11.7. The number of unbranched alkanes of at least 4 members (excludes halogenated alkanes) is 8. The van der Waals surface area contributed by atoms with E-state index in [4.69, 9.17) is 4.74 Å². The first-order chi connectivity index (χ1) is 13.5. The predicted octanol–water partition coefficient (Wildman–Crippen LogP) is 3.46. The Morgan fingerprint density at radius 1 is 0.793 bits per heavy atom. The summed E-state index contributed by atoms with van der Waals surface area (Å²) >= 11 is 0. The van der Waals surface area contributed by atoms with Gasteiger partial charge < -0.3 is 9.29 Å². The molecule has 4 nitrogen and oxygen atoms in total. The monoisotopic (exact) mass is 426 g/mol. The minimum Gasteiger partial charge on any atom is -0.744 e. The van der Waals surface area contributed by atoms with E-state index in [-0.39, 0.29) is 34.5 Å². The van der Waals surface area contributed by atoms with Crippen LogP contribution in [0, 0.1) is 0 Å². The normalized spacial score (nSPS) is 11.1. The van der Waals surface area contributed by atoms with Gasteiger partial charge in [-0.05, 0) is 54.8 Å². The summed E-state index contributed by atoms with van der Waals surface area (Å²) in [4.78, 5) is -0.251. The van der Waals surface area contributed by atoms with Crippen LogP contribution in [0.5, 0.6) is 11.5 Å². The molecule has 0 N–H and O–H groups in total. The average Bonchev–Trinajstić information content (AvgIpc) is 2.67. The van der Waals surface area contributed by atoms with Crippen molar-refractivity contribution >= 4 is 10.1 Å². The van der Waals surface area contributed by atoms with E-state index in [1.54, 1.807) is 0 Å². The summed E-state index contributed by atoms with van der Waals surface area (Å²) < 4.78 is 38.7. The number of hydrogen-bond donors (Lipinski definition) is 0. The van der Waals surface area contributed by atoms with Gasteiger partial charge in [-0.2, -0.15) is 0 Å². The van der Waals surface area contributed by atoms with Crippen molar-refractivity contribution < 1.29 is 47.3 Å². The minimum absolute atomic E-state index is 0. The van der Waals surface area contributed by atoms with Crippen LogP contribution in [0.4, 0.5) is 0 Å². The molecule has 0 aliphatic rings. The van der Waals surface area contributed by atoms with E-state index in [9.17, 15) is 13.0 Å². The summed E-state index contributed by atoms with van der Waals surface area (Å²) in [5, 5.41) is 0. The Morgan fingerprint density at radius 3 is 1.97 bits per heavy atom. The molecule has 0 aromatic heterocycles. The van der Waals surface area contributed by atoms with Crippen LogP contribution in [0.15, 0.2) is 53.4 Å².